The lowest BCUT2D eigenvalue weighted by Crippen LogP contribution is -2.32. The van der Waals surface area contributed by atoms with Crippen molar-refractivity contribution in [2.75, 3.05) is 15.5 Å². The van der Waals surface area contributed by atoms with Crippen molar-refractivity contribution in [3.8, 4) is 0 Å². The van der Waals surface area contributed by atoms with Gasteiger partial charge in [0.05, 0.1) is 15.7 Å². The van der Waals surface area contributed by atoms with Crippen LogP contribution in [0.2, 0.25) is 10.0 Å². The van der Waals surface area contributed by atoms with Gasteiger partial charge >= 0.3 is 0 Å². The normalized spacial score (nSPS) is 13.5. The highest BCUT2D eigenvalue weighted by molar-refractivity contribution is 6.53. The highest BCUT2D eigenvalue weighted by atomic mass is 35.5. The Morgan fingerprint density at radius 2 is 1.62 bits per heavy atom. The van der Waals surface area contributed by atoms with Gasteiger partial charge in [-0.25, -0.2) is 4.90 Å². The van der Waals surface area contributed by atoms with Crippen molar-refractivity contribution in [3.05, 3.63) is 98.1 Å². The van der Waals surface area contributed by atoms with Crippen LogP contribution in [0.3, 0.4) is 0 Å². The van der Waals surface area contributed by atoms with Crippen LogP contribution in [-0.4, -0.2) is 17.7 Å². The molecule has 0 saturated carbocycles. The van der Waals surface area contributed by atoms with Crippen LogP contribution in [0.25, 0.3) is 0 Å². The van der Waals surface area contributed by atoms with E-state index in [0.717, 1.165) is 16.0 Å². The number of hydrogen-bond acceptors (Lipinski definition) is 4. The Balaban J connectivity index is 1.56. The fourth-order valence-electron chi connectivity index (χ4n) is 3.42. The van der Waals surface area contributed by atoms with Crippen LogP contribution in [0.5, 0.6) is 0 Å². The Morgan fingerprint density at radius 3 is 2.35 bits per heavy atom. The summed E-state index contributed by atoms with van der Waals surface area (Å²) in [7, 11) is 0. The predicted molar refractivity (Wildman–Crippen MR) is 136 cm³/mol. The Hall–Kier alpha value is -3.32. The monoisotopic (exact) mass is 513 g/mol. The van der Waals surface area contributed by atoms with Gasteiger partial charge in [0.2, 0.25) is 0 Å². The van der Waals surface area contributed by atoms with E-state index in [1.54, 1.807) is 24.3 Å². The number of anilines is 3. The number of carbonyl (C=O) groups excluding carboxylic acids is 3. The van der Waals surface area contributed by atoms with E-state index >= 15 is 0 Å². The Labute approximate surface area is 211 Å². The predicted octanol–water partition coefficient (Wildman–Crippen LogP) is 6.30. The molecule has 3 aromatic carbocycles. The number of carbonyl (C=O) groups is 3. The minimum atomic E-state index is -0.698. The number of halogens is 3. The molecule has 9 heteroatoms. The van der Waals surface area contributed by atoms with E-state index in [-0.39, 0.29) is 32.4 Å². The third-order valence-corrected chi connectivity index (χ3v) is 6.31. The summed E-state index contributed by atoms with van der Waals surface area (Å²) in [4.78, 5) is 39.4. The van der Waals surface area contributed by atoms with Gasteiger partial charge < -0.3 is 10.6 Å². The minimum Gasteiger partial charge on any atom is -0.350 e. The molecule has 3 aromatic rings. The molecular formula is C25H18Cl3N3O3. The quantitative estimate of drug-likeness (QED) is 0.392. The van der Waals surface area contributed by atoms with Crippen LogP contribution in [0.1, 0.15) is 21.5 Å². The molecule has 172 valence electrons. The van der Waals surface area contributed by atoms with Crippen LogP contribution in [0.4, 0.5) is 17.1 Å². The number of amides is 3. The summed E-state index contributed by atoms with van der Waals surface area (Å²) in [6, 6.07) is 16.7. The average Bonchev–Trinajstić information content (AvgIpc) is 3.01. The molecule has 0 atom stereocenters. The number of rotatable bonds is 5. The van der Waals surface area contributed by atoms with E-state index in [4.69, 9.17) is 34.8 Å². The summed E-state index contributed by atoms with van der Waals surface area (Å²) in [5, 5.41) is 5.97. The van der Waals surface area contributed by atoms with Gasteiger partial charge in [-0.2, -0.15) is 0 Å². The van der Waals surface area contributed by atoms with E-state index < -0.39 is 11.8 Å². The van der Waals surface area contributed by atoms with Crippen molar-refractivity contribution in [1.82, 2.24) is 0 Å². The summed E-state index contributed by atoms with van der Waals surface area (Å²) >= 11 is 18.2. The molecule has 6 nitrogen and oxygen atoms in total. The molecule has 1 aliphatic rings. The molecule has 0 aliphatic carbocycles. The lowest BCUT2D eigenvalue weighted by Gasteiger charge is -2.16. The van der Waals surface area contributed by atoms with Gasteiger partial charge in [-0.3, -0.25) is 14.4 Å². The van der Waals surface area contributed by atoms with Gasteiger partial charge in [0.1, 0.15) is 10.7 Å². The zero-order chi connectivity index (χ0) is 24.6. The lowest BCUT2D eigenvalue weighted by atomic mass is 10.1. The smallest absolute Gasteiger partial charge is 0.283 e. The SMILES string of the molecule is Cc1ccc(C)c(NC(=O)c2cccc(NC3=C(Cl)C(=O)N(c4ccc(Cl)c(Cl)c4)C3=O)c2)c1. The first-order chi connectivity index (χ1) is 16.2. The molecular weight excluding hydrogens is 497 g/mol. The molecule has 0 bridgehead atoms. The molecule has 0 fully saturated rings. The second kappa shape index (κ2) is 9.50. The number of aryl methyl sites for hydroxylation is 2. The van der Waals surface area contributed by atoms with Crippen LogP contribution in [-0.2, 0) is 9.59 Å². The fourth-order valence-corrected chi connectivity index (χ4v) is 3.92. The molecule has 34 heavy (non-hydrogen) atoms. The Bertz CT molecular complexity index is 1380. The molecule has 1 heterocycles. The first-order valence-electron chi connectivity index (χ1n) is 10.1. The molecule has 0 unspecified atom stereocenters. The molecule has 4 rings (SSSR count). The van der Waals surface area contributed by atoms with E-state index in [0.29, 0.717) is 16.9 Å². The van der Waals surface area contributed by atoms with Crippen molar-refractivity contribution in [2.24, 2.45) is 0 Å². The van der Waals surface area contributed by atoms with Gasteiger partial charge in [0.25, 0.3) is 17.7 Å². The molecule has 0 spiro atoms. The van der Waals surface area contributed by atoms with Crippen LogP contribution in [0.15, 0.2) is 71.4 Å². The van der Waals surface area contributed by atoms with E-state index in [2.05, 4.69) is 10.6 Å². The van der Waals surface area contributed by atoms with Gasteiger partial charge in [-0.15, -0.1) is 0 Å². The molecule has 0 radical (unpaired) electrons. The summed E-state index contributed by atoms with van der Waals surface area (Å²) in [6.45, 7) is 3.85. The highest BCUT2D eigenvalue weighted by Gasteiger charge is 2.39. The number of nitrogens with zero attached hydrogens (tertiary/aromatic N) is 1. The highest BCUT2D eigenvalue weighted by Crippen LogP contribution is 2.33. The maximum absolute atomic E-state index is 13.0. The molecule has 1 aliphatic heterocycles. The maximum Gasteiger partial charge on any atom is 0.283 e. The van der Waals surface area contributed by atoms with Crippen molar-refractivity contribution in [3.63, 3.8) is 0 Å². The number of hydrogen-bond donors (Lipinski definition) is 2. The zero-order valence-electron chi connectivity index (χ0n) is 18.1. The number of benzene rings is 3. The summed E-state index contributed by atoms with van der Waals surface area (Å²) in [5.74, 6) is -1.67. The van der Waals surface area contributed by atoms with Gasteiger partial charge in [-0.1, -0.05) is 53.0 Å². The molecule has 0 aromatic heterocycles. The summed E-state index contributed by atoms with van der Waals surface area (Å²) < 4.78 is 0. The van der Waals surface area contributed by atoms with E-state index in [1.807, 2.05) is 32.0 Å². The van der Waals surface area contributed by atoms with Crippen molar-refractivity contribution in [2.45, 2.75) is 13.8 Å². The molecule has 0 saturated heterocycles. The Kier molecular flexibility index (Phi) is 6.66. The first kappa shape index (κ1) is 23.8. The van der Waals surface area contributed by atoms with Crippen molar-refractivity contribution in [1.29, 1.82) is 0 Å². The second-order valence-corrected chi connectivity index (χ2v) is 8.90. The standard InChI is InChI=1S/C25H18Cl3N3O3/c1-13-6-7-14(2)20(10-13)30-23(32)15-4-3-5-16(11-15)29-22-21(28)24(33)31(25(22)34)17-8-9-18(26)19(27)12-17/h3-12,29H,1-2H3,(H,30,32). The van der Waals surface area contributed by atoms with Crippen LogP contribution < -0.4 is 15.5 Å². The zero-order valence-corrected chi connectivity index (χ0v) is 20.3. The fraction of sp³-hybridized carbons (Fsp3) is 0.0800. The summed E-state index contributed by atoms with van der Waals surface area (Å²) in [5.41, 5.74) is 3.57. The van der Waals surface area contributed by atoms with Gasteiger partial charge in [0, 0.05) is 16.9 Å². The molecule has 3 amide bonds. The lowest BCUT2D eigenvalue weighted by molar-refractivity contribution is -0.120. The van der Waals surface area contributed by atoms with Crippen LogP contribution in [0, 0.1) is 13.8 Å². The average molecular weight is 515 g/mol. The van der Waals surface area contributed by atoms with Crippen LogP contribution >= 0.6 is 34.8 Å². The largest absolute Gasteiger partial charge is 0.350 e. The molecule has 2 N–H and O–H groups in total. The third kappa shape index (κ3) is 4.66. The van der Waals surface area contributed by atoms with Gasteiger partial charge in [0.15, 0.2) is 0 Å². The van der Waals surface area contributed by atoms with Crippen molar-refractivity contribution < 1.29 is 14.4 Å². The maximum atomic E-state index is 13.0. The number of imide groups is 1. The van der Waals surface area contributed by atoms with E-state index in [9.17, 15) is 14.4 Å². The minimum absolute atomic E-state index is 0.107. The first-order valence-corrected chi connectivity index (χ1v) is 11.3. The topological polar surface area (TPSA) is 78.5 Å². The second-order valence-electron chi connectivity index (χ2n) is 7.71. The van der Waals surface area contributed by atoms with E-state index in [1.165, 1.54) is 18.2 Å². The van der Waals surface area contributed by atoms with Crippen molar-refractivity contribution >= 4 is 69.6 Å². The summed E-state index contributed by atoms with van der Waals surface area (Å²) in [6.07, 6.45) is 0. The van der Waals surface area contributed by atoms with Gasteiger partial charge in [-0.05, 0) is 67.4 Å². The third-order valence-electron chi connectivity index (χ3n) is 5.22. The number of nitrogens with one attached hydrogen (secondary N) is 2. The Morgan fingerprint density at radius 1 is 0.853 bits per heavy atom.